The Bertz CT molecular complexity index is 1150. The number of halogens is 1. The summed E-state index contributed by atoms with van der Waals surface area (Å²) < 4.78 is 11.0. The van der Waals surface area contributed by atoms with E-state index < -0.39 is 36.0 Å². The first-order valence-corrected chi connectivity index (χ1v) is 10.7. The van der Waals surface area contributed by atoms with Crippen molar-refractivity contribution in [3.8, 4) is 0 Å². The molecule has 3 aromatic rings. The third kappa shape index (κ3) is 6.39. The van der Waals surface area contributed by atoms with Crippen LogP contribution in [0.15, 0.2) is 84.9 Å². The van der Waals surface area contributed by atoms with Gasteiger partial charge in [-0.05, 0) is 59.0 Å². The normalized spacial score (nSPS) is 12.2. The Hall–Kier alpha value is -3.73. The highest BCUT2D eigenvalue weighted by Crippen LogP contribution is 2.20. The minimum Gasteiger partial charge on any atom is -0.478 e. The number of carboxylic acid groups (broad SMARTS) is 1. The van der Waals surface area contributed by atoms with Crippen molar-refractivity contribution in [2.24, 2.45) is 0 Å². The molecule has 0 aliphatic carbocycles. The monoisotopic (exact) mass is 559 g/mol. The molecule has 0 aromatic heterocycles. The largest absolute Gasteiger partial charge is 0.478 e. The van der Waals surface area contributed by atoms with Crippen molar-refractivity contribution in [1.29, 1.82) is 0 Å². The first kappa shape index (κ1) is 23.9. The smallest absolute Gasteiger partial charge is 0.349 e. The van der Waals surface area contributed by atoms with E-state index in [1.54, 1.807) is 60.7 Å². The van der Waals surface area contributed by atoms with Crippen LogP contribution >= 0.6 is 22.6 Å². The molecule has 0 saturated carbocycles. The van der Waals surface area contributed by atoms with Crippen LogP contribution in [-0.4, -0.2) is 41.1 Å². The number of carbonyl (C=O) groups excluding carboxylic acids is 3. The Kier molecular flexibility index (Phi) is 8.14. The standard InChI is InChI=1S/C24H18INO7/c25-17-13-7-8-14-18(17)26-21(27)19(32-23(30)15-9-3-1-4-10-15)20(22(28)29)33-24(31)16-11-5-2-6-12-16/h1-14,19-20H,(H,26,27)(H,28,29)/t19-,20-/m1/s1. The number of carbonyl (C=O) groups is 4. The zero-order valence-corrected chi connectivity index (χ0v) is 19.2. The molecule has 0 aliphatic heterocycles. The van der Waals surface area contributed by atoms with E-state index in [4.69, 9.17) is 9.47 Å². The molecule has 1 amide bonds. The molecular formula is C24H18INO7. The number of para-hydroxylation sites is 1. The Morgan fingerprint density at radius 3 is 1.64 bits per heavy atom. The van der Waals surface area contributed by atoms with E-state index in [0.29, 0.717) is 9.26 Å². The van der Waals surface area contributed by atoms with E-state index in [1.165, 1.54) is 24.3 Å². The van der Waals surface area contributed by atoms with E-state index in [1.807, 2.05) is 22.6 Å². The van der Waals surface area contributed by atoms with E-state index in [-0.39, 0.29) is 11.1 Å². The quantitative estimate of drug-likeness (QED) is 0.319. The van der Waals surface area contributed by atoms with Gasteiger partial charge in [0.2, 0.25) is 12.2 Å². The van der Waals surface area contributed by atoms with E-state index in [2.05, 4.69) is 5.32 Å². The predicted octanol–water partition coefficient (Wildman–Crippen LogP) is 3.77. The molecule has 3 aromatic carbocycles. The van der Waals surface area contributed by atoms with Crippen LogP contribution in [-0.2, 0) is 19.1 Å². The first-order chi connectivity index (χ1) is 15.9. The van der Waals surface area contributed by atoms with Crippen LogP contribution in [0.2, 0.25) is 0 Å². The number of hydrogen-bond donors (Lipinski definition) is 2. The summed E-state index contributed by atoms with van der Waals surface area (Å²) in [6, 6.07) is 22.2. The molecular weight excluding hydrogens is 541 g/mol. The number of anilines is 1. The molecule has 0 unspecified atom stereocenters. The minimum absolute atomic E-state index is 0.0786. The fraction of sp³-hybridized carbons (Fsp3) is 0.0833. The van der Waals surface area contributed by atoms with Crippen molar-refractivity contribution in [2.75, 3.05) is 5.32 Å². The summed E-state index contributed by atoms with van der Waals surface area (Å²) in [5.41, 5.74) is 0.556. The number of amides is 1. The van der Waals surface area contributed by atoms with Gasteiger partial charge in [0.15, 0.2) is 0 Å². The SMILES string of the molecule is O=C(O[C@@H](C(=O)O)[C@@H](OC(=O)c1ccccc1)C(=O)Nc1ccccc1I)c1ccccc1. The molecule has 0 bridgehead atoms. The van der Waals surface area contributed by atoms with Crippen LogP contribution in [0.4, 0.5) is 5.69 Å². The fourth-order valence-corrected chi connectivity index (χ4v) is 3.30. The van der Waals surface area contributed by atoms with Gasteiger partial charge in [0.05, 0.1) is 16.8 Å². The Labute approximate surface area is 202 Å². The average molecular weight is 559 g/mol. The van der Waals surface area contributed by atoms with Crippen LogP contribution in [0.5, 0.6) is 0 Å². The highest BCUT2D eigenvalue weighted by Gasteiger charge is 2.41. The highest BCUT2D eigenvalue weighted by molar-refractivity contribution is 14.1. The second-order valence-corrected chi connectivity index (χ2v) is 7.85. The Balaban J connectivity index is 1.91. The third-order valence-corrected chi connectivity index (χ3v) is 5.34. The van der Waals surface area contributed by atoms with Crippen LogP contribution in [0.25, 0.3) is 0 Å². The van der Waals surface area contributed by atoms with Crippen LogP contribution in [0.1, 0.15) is 20.7 Å². The topological polar surface area (TPSA) is 119 Å². The molecule has 0 aliphatic rings. The maximum absolute atomic E-state index is 13.0. The van der Waals surface area contributed by atoms with Crippen molar-refractivity contribution >= 4 is 52.1 Å². The number of rotatable bonds is 8. The molecule has 0 saturated heterocycles. The summed E-state index contributed by atoms with van der Waals surface area (Å²) in [7, 11) is 0. The van der Waals surface area contributed by atoms with Gasteiger partial charge in [-0.15, -0.1) is 0 Å². The highest BCUT2D eigenvalue weighted by atomic mass is 127. The number of carboxylic acids is 1. The van der Waals surface area contributed by atoms with Gasteiger partial charge >= 0.3 is 17.9 Å². The first-order valence-electron chi connectivity index (χ1n) is 9.67. The van der Waals surface area contributed by atoms with E-state index in [0.717, 1.165) is 0 Å². The lowest BCUT2D eigenvalue weighted by Gasteiger charge is -2.23. The molecule has 8 nitrogen and oxygen atoms in total. The third-order valence-electron chi connectivity index (χ3n) is 4.40. The molecule has 33 heavy (non-hydrogen) atoms. The molecule has 0 fully saturated rings. The van der Waals surface area contributed by atoms with Crippen LogP contribution in [0, 0.1) is 3.57 Å². The van der Waals surface area contributed by atoms with Gasteiger partial charge in [0.1, 0.15) is 0 Å². The number of benzene rings is 3. The van der Waals surface area contributed by atoms with Crippen molar-refractivity contribution in [2.45, 2.75) is 12.2 Å². The fourth-order valence-electron chi connectivity index (χ4n) is 2.78. The Morgan fingerprint density at radius 1 is 0.697 bits per heavy atom. The minimum atomic E-state index is -2.09. The van der Waals surface area contributed by atoms with Gasteiger partial charge in [-0.3, -0.25) is 4.79 Å². The summed E-state index contributed by atoms with van der Waals surface area (Å²) in [6.07, 6.45) is -4.05. The summed E-state index contributed by atoms with van der Waals surface area (Å²) in [5, 5.41) is 12.3. The number of esters is 2. The Morgan fingerprint density at radius 2 is 1.15 bits per heavy atom. The lowest BCUT2D eigenvalue weighted by Crippen LogP contribution is -2.48. The van der Waals surface area contributed by atoms with Gasteiger partial charge in [-0.2, -0.15) is 0 Å². The molecule has 0 spiro atoms. The predicted molar refractivity (Wildman–Crippen MR) is 127 cm³/mol. The number of hydrogen-bond acceptors (Lipinski definition) is 6. The maximum atomic E-state index is 13.0. The summed E-state index contributed by atoms with van der Waals surface area (Å²) in [5.74, 6) is -4.54. The lowest BCUT2D eigenvalue weighted by molar-refractivity contribution is -0.157. The maximum Gasteiger partial charge on any atom is 0.349 e. The van der Waals surface area contributed by atoms with E-state index >= 15 is 0 Å². The van der Waals surface area contributed by atoms with Crippen molar-refractivity contribution in [3.63, 3.8) is 0 Å². The number of nitrogens with one attached hydrogen (secondary N) is 1. The van der Waals surface area contributed by atoms with Gasteiger partial charge in [-0.25, -0.2) is 14.4 Å². The number of aliphatic carboxylic acids is 1. The van der Waals surface area contributed by atoms with Gasteiger partial charge in [0.25, 0.3) is 5.91 Å². The average Bonchev–Trinajstić information content (AvgIpc) is 2.83. The van der Waals surface area contributed by atoms with Crippen molar-refractivity contribution in [3.05, 3.63) is 99.6 Å². The zero-order chi connectivity index (χ0) is 23.8. The van der Waals surface area contributed by atoms with Crippen molar-refractivity contribution < 1.29 is 33.8 Å². The molecule has 3 rings (SSSR count). The second-order valence-electron chi connectivity index (χ2n) is 6.69. The van der Waals surface area contributed by atoms with Crippen molar-refractivity contribution in [1.82, 2.24) is 0 Å². The number of ether oxygens (including phenoxy) is 2. The lowest BCUT2D eigenvalue weighted by atomic mass is 10.1. The molecule has 168 valence electrons. The zero-order valence-electron chi connectivity index (χ0n) is 17.0. The summed E-state index contributed by atoms with van der Waals surface area (Å²) in [6.45, 7) is 0. The summed E-state index contributed by atoms with van der Waals surface area (Å²) in [4.78, 5) is 50.2. The molecule has 0 radical (unpaired) electrons. The van der Waals surface area contributed by atoms with Crippen LogP contribution in [0.3, 0.4) is 0 Å². The van der Waals surface area contributed by atoms with E-state index in [9.17, 15) is 24.3 Å². The van der Waals surface area contributed by atoms with Gasteiger partial charge in [0, 0.05) is 3.57 Å². The molecule has 2 atom stereocenters. The molecule has 0 heterocycles. The molecule has 9 heteroatoms. The van der Waals surface area contributed by atoms with Gasteiger partial charge in [-0.1, -0.05) is 48.5 Å². The molecule has 2 N–H and O–H groups in total. The summed E-state index contributed by atoms with van der Waals surface area (Å²) >= 11 is 1.99. The van der Waals surface area contributed by atoms with Crippen LogP contribution < -0.4 is 5.32 Å². The van der Waals surface area contributed by atoms with Gasteiger partial charge < -0.3 is 19.9 Å². The second kappa shape index (κ2) is 11.2.